The number of ether oxygens (including phenoxy) is 1. The van der Waals surface area contributed by atoms with E-state index in [1.165, 1.54) is 0 Å². The van der Waals surface area contributed by atoms with Gasteiger partial charge in [-0.2, -0.15) is 0 Å². The summed E-state index contributed by atoms with van der Waals surface area (Å²) in [5, 5.41) is 1.07. The van der Waals surface area contributed by atoms with Gasteiger partial charge in [-0.3, -0.25) is 0 Å². The van der Waals surface area contributed by atoms with Gasteiger partial charge in [-0.25, -0.2) is 4.98 Å². The SMILES string of the molecule is COc1cccc(-c2c(-c3ccccc3)[nH]c3nccc(Br)c23)c1. The minimum absolute atomic E-state index is 0.834. The number of halogens is 1. The maximum absolute atomic E-state index is 5.40. The molecule has 4 heteroatoms. The predicted octanol–water partition coefficient (Wildman–Crippen LogP) is 5.67. The van der Waals surface area contributed by atoms with Gasteiger partial charge in [-0.1, -0.05) is 42.5 Å². The standard InChI is InChI=1S/C20H15BrN2O/c1-24-15-9-5-8-14(12-15)17-18-16(21)10-11-22-20(18)23-19(17)13-6-3-2-4-7-13/h2-12H,1H3,(H,22,23). The van der Waals surface area contributed by atoms with Crippen molar-refractivity contribution in [1.29, 1.82) is 0 Å². The van der Waals surface area contributed by atoms with E-state index in [4.69, 9.17) is 4.74 Å². The van der Waals surface area contributed by atoms with Crippen LogP contribution in [0.15, 0.2) is 71.3 Å². The number of nitrogens with zero attached hydrogens (tertiary/aromatic N) is 1. The van der Waals surface area contributed by atoms with Crippen molar-refractivity contribution in [2.24, 2.45) is 0 Å². The fraction of sp³-hybridized carbons (Fsp3) is 0.0500. The average Bonchev–Trinajstić information content (AvgIpc) is 3.03. The van der Waals surface area contributed by atoms with Crippen molar-refractivity contribution in [3.8, 4) is 28.1 Å². The predicted molar refractivity (Wildman–Crippen MR) is 101 cm³/mol. The normalized spacial score (nSPS) is 10.9. The smallest absolute Gasteiger partial charge is 0.139 e. The molecule has 0 fully saturated rings. The van der Waals surface area contributed by atoms with Gasteiger partial charge >= 0.3 is 0 Å². The maximum atomic E-state index is 5.40. The monoisotopic (exact) mass is 378 g/mol. The van der Waals surface area contributed by atoms with Crippen LogP contribution in [0.5, 0.6) is 5.75 Å². The molecule has 4 rings (SSSR count). The largest absolute Gasteiger partial charge is 0.497 e. The fourth-order valence-corrected chi connectivity index (χ4v) is 3.47. The van der Waals surface area contributed by atoms with Crippen LogP contribution < -0.4 is 4.74 Å². The Kier molecular flexibility index (Phi) is 3.82. The Labute approximate surface area is 148 Å². The molecule has 0 atom stereocenters. The lowest BCUT2D eigenvalue weighted by molar-refractivity contribution is 0.415. The topological polar surface area (TPSA) is 37.9 Å². The third kappa shape index (κ3) is 2.49. The number of hydrogen-bond acceptors (Lipinski definition) is 2. The maximum Gasteiger partial charge on any atom is 0.139 e. The van der Waals surface area contributed by atoms with Crippen molar-refractivity contribution >= 4 is 27.0 Å². The van der Waals surface area contributed by atoms with Crippen molar-refractivity contribution in [2.45, 2.75) is 0 Å². The molecule has 0 aliphatic carbocycles. The van der Waals surface area contributed by atoms with Gasteiger partial charge in [0, 0.05) is 21.6 Å². The van der Waals surface area contributed by atoms with Crippen LogP contribution in [0.2, 0.25) is 0 Å². The Balaban J connectivity index is 2.08. The summed E-state index contributed by atoms with van der Waals surface area (Å²) in [7, 11) is 1.68. The molecule has 24 heavy (non-hydrogen) atoms. The van der Waals surface area contributed by atoms with Crippen LogP contribution in [0.25, 0.3) is 33.4 Å². The first-order chi connectivity index (χ1) is 11.8. The summed E-state index contributed by atoms with van der Waals surface area (Å²) in [6.07, 6.45) is 1.80. The van der Waals surface area contributed by atoms with Crippen LogP contribution in [-0.4, -0.2) is 17.1 Å². The number of methoxy groups -OCH3 is 1. The Bertz CT molecular complexity index is 1010. The van der Waals surface area contributed by atoms with Crippen molar-refractivity contribution in [3.05, 3.63) is 71.3 Å². The van der Waals surface area contributed by atoms with Crippen molar-refractivity contribution in [1.82, 2.24) is 9.97 Å². The number of pyridine rings is 1. The van der Waals surface area contributed by atoms with Crippen LogP contribution in [-0.2, 0) is 0 Å². The van der Waals surface area contributed by atoms with Gasteiger partial charge in [-0.15, -0.1) is 0 Å². The minimum atomic E-state index is 0.834. The molecule has 0 aliphatic rings. The fourth-order valence-electron chi connectivity index (χ4n) is 2.97. The number of nitrogens with one attached hydrogen (secondary N) is 1. The Morgan fingerprint density at radius 3 is 2.54 bits per heavy atom. The molecule has 0 radical (unpaired) electrons. The van der Waals surface area contributed by atoms with Gasteiger partial charge in [-0.05, 0) is 45.3 Å². The lowest BCUT2D eigenvalue weighted by Gasteiger charge is -2.08. The molecule has 0 bridgehead atoms. The third-order valence-corrected chi connectivity index (χ3v) is 4.73. The molecule has 2 heterocycles. The van der Waals surface area contributed by atoms with Crippen LogP contribution in [0.4, 0.5) is 0 Å². The third-order valence-electron chi connectivity index (χ3n) is 4.06. The lowest BCUT2D eigenvalue weighted by atomic mass is 9.99. The Morgan fingerprint density at radius 2 is 1.75 bits per heavy atom. The molecule has 2 aromatic heterocycles. The van der Waals surface area contributed by atoms with E-state index in [0.29, 0.717) is 0 Å². The molecule has 0 unspecified atom stereocenters. The van der Waals surface area contributed by atoms with E-state index < -0.39 is 0 Å². The quantitative estimate of drug-likeness (QED) is 0.498. The highest BCUT2D eigenvalue weighted by atomic mass is 79.9. The highest BCUT2D eigenvalue weighted by Crippen LogP contribution is 2.41. The zero-order chi connectivity index (χ0) is 16.5. The van der Waals surface area contributed by atoms with Gasteiger partial charge < -0.3 is 9.72 Å². The van der Waals surface area contributed by atoms with E-state index in [0.717, 1.165) is 43.6 Å². The van der Waals surface area contributed by atoms with Crippen LogP contribution in [0, 0.1) is 0 Å². The van der Waals surface area contributed by atoms with Crippen molar-refractivity contribution < 1.29 is 4.74 Å². The van der Waals surface area contributed by atoms with E-state index in [-0.39, 0.29) is 0 Å². The summed E-state index contributed by atoms with van der Waals surface area (Å²) >= 11 is 3.68. The zero-order valence-corrected chi connectivity index (χ0v) is 14.7. The number of benzene rings is 2. The number of hydrogen-bond donors (Lipinski definition) is 1. The van der Waals surface area contributed by atoms with Gasteiger partial charge in [0.25, 0.3) is 0 Å². The van der Waals surface area contributed by atoms with Crippen LogP contribution in [0.1, 0.15) is 0 Å². The van der Waals surface area contributed by atoms with E-state index in [2.05, 4.69) is 50.2 Å². The first-order valence-electron chi connectivity index (χ1n) is 7.64. The molecule has 0 saturated carbocycles. The second-order valence-electron chi connectivity index (χ2n) is 5.49. The van der Waals surface area contributed by atoms with E-state index >= 15 is 0 Å². The summed E-state index contributed by atoms with van der Waals surface area (Å²) in [5.74, 6) is 0.834. The average molecular weight is 379 g/mol. The van der Waals surface area contributed by atoms with Gasteiger partial charge in [0.05, 0.1) is 12.8 Å². The molecule has 1 N–H and O–H groups in total. The highest BCUT2D eigenvalue weighted by Gasteiger charge is 2.18. The number of aromatic nitrogens is 2. The van der Waals surface area contributed by atoms with Crippen LogP contribution in [0.3, 0.4) is 0 Å². The van der Waals surface area contributed by atoms with E-state index in [9.17, 15) is 0 Å². The molecular weight excluding hydrogens is 364 g/mol. The molecule has 4 aromatic rings. The first kappa shape index (κ1) is 15.0. The second-order valence-corrected chi connectivity index (χ2v) is 6.34. The van der Waals surface area contributed by atoms with E-state index in [1.807, 2.05) is 36.4 Å². The molecule has 0 saturated heterocycles. The van der Waals surface area contributed by atoms with E-state index in [1.54, 1.807) is 13.3 Å². The number of H-pyrrole nitrogens is 1. The van der Waals surface area contributed by atoms with Gasteiger partial charge in [0.15, 0.2) is 0 Å². The lowest BCUT2D eigenvalue weighted by Crippen LogP contribution is -1.86. The number of aromatic amines is 1. The molecule has 2 aromatic carbocycles. The number of rotatable bonds is 3. The summed E-state index contributed by atoms with van der Waals surface area (Å²) in [6, 6.07) is 20.4. The molecule has 0 amide bonds. The van der Waals surface area contributed by atoms with Crippen molar-refractivity contribution in [3.63, 3.8) is 0 Å². The molecule has 3 nitrogen and oxygen atoms in total. The Hall–Kier alpha value is -2.59. The molecule has 0 spiro atoms. The zero-order valence-electron chi connectivity index (χ0n) is 13.1. The second kappa shape index (κ2) is 6.13. The molecular formula is C20H15BrN2O. The molecule has 0 aliphatic heterocycles. The summed E-state index contributed by atoms with van der Waals surface area (Å²) in [6.45, 7) is 0. The minimum Gasteiger partial charge on any atom is -0.497 e. The summed E-state index contributed by atoms with van der Waals surface area (Å²) < 4.78 is 6.42. The molecule has 118 valence electrons. The summed E-state index contributed by atoms with van der Waals surface area (Å²) in [5.41, 5.74) is 5.25. The summed E-state index contributed by atoms with van der Waals surface area (Å²) in [4.78, 5) is 7.98. The van der Waals surface area contributed by atoms with Crippen molar-refractivity contribution in [2.75, 3.05) is 7.11 Å². The van der Waals surface area contributed by atoms with Gasteiger partial charge in [0.1, 0.15) is 11.4 Å². The van der Waals surface area contributed by atoms with Crippen LogP contribution >= 0.6 is 15.9 Å². The first-order valence-corrected chi connectivity index (χ1v) is 8.43. The van der Waals surface area contributed by atoms with Gasteiger partial charge in [0.2, 0.25) is 0 Å². The highest BCUT2D eigenvalue weighted by molar-refractivity contribution is 9.10. The number of fused-ring (bicyclic) bond motifs is 1. The Morgan fingerprint density at radius 1 is 0.958 bits per heavy atom.